The van der Waals surface area contributed by atoms with Crippen molar-refractivity contribution in [3.63, 3.8) is 0 Å². The van der Waals surface area contributed by atoms with Gasteiger partial charge in [0.1, 0.15) is 31.2 Å². The molecule has 0 saturated carbocycles. The number of alkyl halides is 1. The Balaban J connectivity index is 1.68. The molecule has 2 aromatic rings. The van der Waals surface area contributed by atoms with E-state index >= 15 is 0 Å². The SMILES string of the molecule is CC(C)(C)CC(C)(C)c1ccc(OCCOCC[N+](C)(C)Cc2cccc(OCCCCBr)c2)cc1. The zero-order chi connectivity index (χ0) is 26.7. The fourth-order valence-corrected chi connectivity index (χ4v) is 5.15. The summed E-state index contributed by atoms with van der Waals surface area (Å²) in [5, 5.41) is 1.03. The average molecular weight is 564 g/mol. The van der Waals surface area contributed by atoms with Gasteiger partial charge in [-0.3, -0.25) is 0 Å². The summed E-state index contributed by atoms with van der Waals surface area (Å²) < 4.78 is 18.6. The summed E-state index contributed by atoms with van der Waals surface area (Å²) in [4.78, 5) is 0. The van der Waals surface area contributed by atoms with Crippen molar-refractivity contribution in [1.29, 1.82) is 0 Å². The van der Waals surface area contributed by atoms with Crippen molar-refractivity contribution in [2.75, 3.05) is 52.4 Å². The highest BCUT2D eigenvalue weighted by Gasteiger charge is 2.27. The molecule has 0 bridgehead atoms. The van der Waals surface area contributed by atoms with Crippen LogP contribution in [0.1, 0.15) is 65.0 Å². The molecule has 0 unspecified atom stereocenters. The van der Waals surface area contributed by atoms with E-state index in [4.69, 9.17) is 14.2 Å². The highest BCUT2D eigenvalue weighted by atomic mass is 79.9. The van der Waals surface area contributed by atoms with Gasteiger partial charge in [0.15, 0.2) is 0 Å². The van der Waals surface area contributed by atoms with Crippen molar-refractivity contribution in [1.82, 2.24) is 0 Å². The summed E-state index contributed by atoms with van der Waals surface area (Å²) in [6.07, 6.45) is 3.34. The Morgan fingerprint density at radius 3 is 2.14 bits per heavy atom. The molecule has 4 nitrogen and oxygen atoms in total. The van der Waals surface area contributed by atoms with Crippen molar-refractivity contribution in [3.05, 3.63) is 59.7 Å². The van der Waals surface area contributed by atoms with Gasteiger partial charge in [0.05, 0.1) is 33.9 Å². The first-order chi connectivity index (χ1) is 16.9. The molecule has 5 heteroatoms. The van der Waals surface area contributed by atoms with Crippen LogP contribution in [0.25, 0.3) is 0 Å². The van der Waals surface area contributed by atoms with Gasteiger partial charge in [0, 0.05) is 10.9 Å². The first-order valence-electron chi connectivity index (χ1n) is 13.3. The van der Waals surface area contributed by atoms with Crippen LogP contribution in [-0.2, 0) is 16.7 Å². The van der Waals surface area contributed by atoms with E-state index in [0.717, 1.165) is 60.3 Å². The number of ether oxygens (including phenoxy) is 3. The zero-order valence-electron chi connectivity index (χ0n) is 23.7. The van der Waals surface area contributed by atoms with Crippen LogP contribution in [-0.4, -0.2) is 56.9 Å². The molecule has 0 aliphatic rings. The smallest absolute Gasteiger partial charge is 0.119 e. The highest BCUT2D eigenvalue weighted by molar-refractivity contribution is 9.09. The zero-order valence-corrected chi connectivity index (χ0v) is 25.3. The van der Waals surface area contributed by atoms with Crippen molar-refractivity contribution < 1.29 is 18.7 Å². The minimum atomic E-state index is 0.145. The molecule has 0 saturated heterocycles. The number of hydrogen-bond donors (Lipinski definition) is 0. The van der Waals surface area contributed by atoms with Gasteiger partial charge < -0.3 is 18.7 Å². The van der Waals surface area contributed by atoms with E-state index in [-0.39, 0.29) is 5.41 Å². The van der Waals surface area contributed by atoms with E-state index in [1.54, 1.807) is 0 Å². The molecule has 0 radical (unpaired) electrons. The summed E-state index contributed by atoms with van der Waals surface area (Å²) in [7, 11) is 4.48. The van der Waals surface area contributed by atoms with Gasteiger partial charge in [-0.2, -0.15) is 0 Å². The molecule has 0 aromatic heterocycles. The number of nitrogens with zero attached hydrogens (tertiary/aromatic N) is 1. The van der Waals surface area contributed by atoms with Gasteiger partial charge in [-0.25, -0.2) is 0 Å². The Hall–Kier alpha value is -1.56. The molecule has 0 spiro atoms. The molecule has 0 aliphatic carbocycles. The molecule has 2 aromatic carbocycles. The first kappa shape index (κ1) is 30.7. The Bertz CT molecular complexity index is 887. The van der Waals surface area contributed by atoms with Gasteiger partial charge in [0.2, 0.25) is 0 Å². The predicted molar refractivity (Wildman–Crippen MR) is 155 cm³/mol. The first-order valence-corrected chi connectivity index (χ1v) is 14.4. The van der Waals surface area contributed by atoms with Crippen LogP contribution in [0.3, 0.4) is 0 Å². The number of hydrogen-bond acceptors (Lipinski definition) is 3. The van der Waals surface area contributed by atoms with E-state index in [9.17, 15) is 0 Å². The maximum absolute atomic E-state index is 5.92. The second-order valence-electron chi connectivity index (χ2n) is 12.3. The molecule has 202 valence electrons. The Morgan fingerprint density at radius 1 is 0.778 bits per heavy atom. The van der Waals surface area contributed by atoms with Crippen LogP contribution >= 0.6 is 15.9 Å². The van der Waals surface area contributed by atoms with Crippen LogP contribution in [0.5, 0.6) is 11.5 Å². The lowest BCUT2D eigenvalue weighted by Crippen LogP contribution is -2.41. The molecule has 0 atom stereocenters. The Kier molecular flexibility index (Phi) is 12.3. The molecule has 0 heterocycles. The largest absolute Gasteiger partial charge is 0.494 e. The van der Waals surface area contributed by atoms with Gasteiger partial charge >= 0.3 is 0 Å². The molecule has 0 fully saturated rings. The molecule has 36 heavy (non-hydrogen) atoms. The number of unbranched alkanes of at least 4 members (excludes halogenated alkanes) is 1. The number of rotatable bonds is 16. The topological polar surface area (TPSA) is 27.7 Å². The normalized spacial score (nSPS) is 12.6. The van der Waals surface area contributed by atoms with Crippen LogP contribution < -0.4 is 9.47 Å². The summed E-state index contributed by atoms with van der Waals surface area (Å²) in [6.45, 7) is 16.0. The van der Waals surface area contributed by atoms with Crippen molar-refractivity contribution in [3.8, 4) is 11.5 Å². The maximum atomic E-state index is 5.92. The summed E-state index contributed by atoms with van der Waals surface area (Å²) in [5.41, 5.74) is 3.09. The lowest BCUT2D eigenvalue weighted by molar-refractivity contribution is -0.904. The number of benzene rings is 2. The van der Waals surface area contributed by atoms with Crippen molar-refractivity contribution >= 4 is 15.9 Å². The van der Waals surface area contributed by atoms with Crippen molar-refractivity contribution in [2.45, 2.75) is 65.8 Å². The maximum Gasteiger partial charge on any atom is 0.119 e. The average Bonchev–Trinajstić information content (AvgIpc) is 2.78. The van der Waals surface area contributed by atoms with E-state index in [0.29, 0.717) is 25.2 Å². The fraction of sp³-hybridized carbons (Fsp3) is 0.613. The molecular weight excluding hydrogens is 514 g/mol. The van der Waals surface area contributed by atoms with Crippen LogP contribution in [0.2, 0.25) is 0 Å². The van der Waals surface area contributed by atoms with Crippen LogP contribution in [0.4, 0.5) is 0 Å². The summed E-state index contributed by atoms with van der Waals surface area (Å²) in [5.74, 6) is 1.86. The molecule has 2 rings (SSSR count). The van der Waals surface area contributed by atoms with E-state index in [1.807, 2.05) is 6.07 Å². The predicted octanol–water partition coefficient (Wildman–Crippen LogP) is 7.63. The van der Waals surface area contributed by atoms with Crippen molar-refractivity contribution in [2.24, 2.45) is 5.41 Å². The third-order valence-electron chi connectivity index (χ3n) is 6.25. The van der Waals surface area contributed by atoms with Gasteiger partial charge in [0.25, 0.3) is 0 Å². The fourth-order valence-electron chi connectivity index (χ4n) is 4.76. The van der Waals surface area contributed by atoms with Gasteiger partial charge in [-0.1, -0.05) is 74.8 Å². The monoisotopic (exact) mass is 562 g/mol. The standard InChI is InChI=1S/C31H49BrNO3/c1-30(2,3)25-31(4,5)27-13-15-28(16-14-27)36-22-21-34-20-18-33(6,7)24-26-11-10-12-29(23-26)35-19-9-8-17-32/h10-16,23H,8-9,17-22,24-25H2,1-7H3/q+1. The van der Waals surface area contributed by atoms with Gasteiger partial charge in [-0.05, 0) is 59.9 Å². The lowest BCUT2D eigenvalue weighted by Gasteiger charge is -2.33. The highest BCUT2D eigenvalue weighted by Crippen LogP contribution is 2.36. The molecule has 0 N–H and O–H groups in total. The Labute approximate surface area is 229 Å². The third-order valence-corrected chi connectivity index (χ3v) is 6.81. The van der Waals surface area contributed by atoms with Gasteiger partial charge in [-0.15, -0.1) is 0 Å². The second-order valence-corrected chi connectivity index (χ2v) is 13.1. The quantitative estimate of drug-likeness (QED) is 0.119. The third kappa shape index (κ3) is 12.1. The van der Waals surface area contributed by atoms with E-state index in [1.165, 1.54) is 11.1 Å². The second kappa shape index (κ2) is 14.4. The summed E-state index contributed by atoms with van der Waals surface area (Å²) >= 11 is 3.47. The molecule has 0 amide bonds. The number of quaternary nitrogens is 1. The van der Waals surface area contributed by atoms with Crippen LogP contribution in [0.15, 0.2) is 48.5 Å². The summed E-state index contributed by atoms with van der Waals surface area (Å²) in [6, 6.07) is 17.0. The lowest BCUT2D eigenvalue weighted by atomic mass is 9.72. The van der Waals surface area contributed by atoms with E-state index < -0.39 is 0 Å². The Morgan fingerprint density at radius 2 is 1.47 bits per heavy atom. The molecule has 0 aliphatic heterocycles. The number of halogens is 1. The number of likely N-dealkylation sites (N-methyl/N-ethyl adjacent to an activating group) is 1. The van der Waals surface area contributed by atoms with E-state index in [2.05, 4.69) is 107 Å². The molecular formula is C31H49BrNO3+. The minimum Gasteiger partial charge on any atom is -0.494 e. The minimum absolute atomic E-state index is 0.145. The van der Waals surface area contributed by atoms with Crippen LogP contribution in [0, 0.1) is 5.41 Å².